The van der Waals surface area contributed by atoms with Gasteiger partial charge >= 0.3 is 0 Å². The Hall–Kier alpha value is -3.88. The molecule has 0 saturated carbocycles. The molecule has 1 aliphatic rings. The maximum absolute atomic E-state index is 13.5. The molecule has 1 atom stereocenters. The third-order valence-electron chi connectivity index (χ3n) is 5.60. The maximum atomic E-state index is 13.5. The van der Waals surface area contributed by atoms with E-state index in [1.807, 2.05) is 37.3 Å². The largest absolute Gasteiger partial charge is 0.497 e. The van der Waals surface area contributed by atoms with Gasteiger partial charge in [0.1, 0.15) is 11.8 Å². The van der Waals surface area contributed by atoms with Crippen molar-refractivity contribution in [2.24, 2.45) is 0 Å². The molecule has 2 aromatic heterocycles. The van der Waals surface area contributed by atoms with Crippen LogP contribution in [0.2, 0.25) is 10.0 Å². The number of carbonyl (C=O) groups is 1. The van der Waals surface area contributed by atoms with Gasteiger partial charge in [0.25, 0.3) is 5.91 Å². The zero-order valence-electron chi connectivity index (χ0n) is 18.8. The molecule has 10 heteroatoms. The molecule has 1 aliphatic heterocycles. The second-order valence-corrected chi connectivity index (χ2v) is 8.69. The molecule has 3 heterocycles. The molecular weight excluding hydrogens is 487 g/mol. The Morgan fingerprint density at radius 3 is 2.71 bits per heavy atom. The fourth-order valence-corrected chi connectivity index (χ4v) is 4.26. The molecule has 1 amide bonds. The van der Waals surface area contributed by atoms with Gasteiger partial charge in [0.15, 0.2) is 5.82 Å². The van der Waals surface area contributed by atoms with Crippen LogP contribution in [0, 0.1) is 0 Å². The van der Waals surface area contributed by atoms with Gasteiger partial charge in [0, 0.05) is 17.5 Å². The van der Waals surface area contributed by atoms with Crippen molar-refractivity contribution in [3.63, 3.8) is 0 Å². The van der Waals surface area contributed by atoms with Crippen LogP contribution in [0.15, 0.2) is 78.3 Å². The molecule has 2 aromatic carbocycles. The van der Waals surface area contributed by atoms with Crippen LogP contribution in [0.5, 0.6) is 5.75 Å². The van der Waals surface area contributed by atoms with Gasteiger partial charge in [-0.05, 0) is 48.9 Å². The van der Waals surface area contributed by atoms with Crippen LogP contribution in [0.1, 0.15) is 18.5 Å². The number of amides is 1. The highest BCUT2D eigenvalue weighted by Gasteiger charge is 2.35. The molecule has 0 spiro atoms. The summed E-state index contributed by atoms with van der Waals surface area (Å²) in [5, 5.41) is 11.7. The van der Waals surface area contributed by atoms with Gasteiger partial charge in [-0.15, -0.1) is 5.10 Å². The van der Waals surface area contributed by atoms with Crippen molar-refractivity contribution in [2.45, 2.75) is 13.0 Å². The number of anilines is 2. The highest BCUT2D eigenvalue weighted by molar-refractivity contribution is 6.42. The molecule has 4 aromatic rings. The van der Waals surface area contributed by atoms with Gasteiger partial charge < -0.3 is 15.4 Å². The van der Waals surface area contributed by atoms with Gasteiger partial charge in [0.05, 0.1) is 34.6 Å². The quantitative estimate of drug-likeness (QED) is 0.366. The molecule has 5 rings (SSSR count). The predicted octanol–water partition coefficient (Wildman–Crippen LogP) is 5.58. The van der Waals surface area contributed by atoms with E-state index in [9.17, 15) is 4.79 Å². The average molecular weight is 507 g/mol. The van der Waals surface area contributed by atoms with Gasteiger partial charge in [-0.2, -0.15) is 4.98 Å². The summed E-state index contributed by atoms with van der Waals surface area (Å²) < 4.78 is 7.02. The number of benzene rings is 2. The fraction of sp³-hybridized carbons (Fsp3) is 0.120. The number of hydrogen-bond donors (Lipinski definition) is 2. The summed E-state index contributed by atoms with van der Waals surface area (Å²) in [6.45, 7) is 1.83. The van der Waals surface area contributed by atoms with Crippen molar-refractivity contribution in [1.82, 2.24) is 19.7 Å². The highest BCUT2D eigenvalue weighted by atomic mass is 35.5. The zero-order valence-corrected chi connectivity index (χ0v) is 20.3. The van der Waals surface area contributed by atoms with Gasteiger partial charge in [-0.1, -0.05) is 41.4 Å². The van der Waals surface area contributed by atoms with E-state index < -0.39 is 6.04 Å². The van der Waals surface area contributed by atoms with E-state index in [2.05, 4.69) is 15.6 Å². The fourth-order valence-electron chi connectivity index (χ4n) is 3.96. The van der Waals surface area contributed by atoms with E-state index in [1.165, 1.54) is 0 Å². The number of carbonyl (C=O) groups excluding carboxylic acids is 1. The minimum absolute atomic E-state index is 0.303. The standard InChI is InChI=1S/C25H20Cl2N6O2/c1-14-21(24(34)30-17-6-4-10-28-13-17)22(15-8-9-19(26)20(27)12-15)33-25(29-14)31-23(32-33)16-5-3-7-18(11-16)35-2/h3-13,22H,1-2H3,(H,30,34)(H,29,31,32). The van der Waals surface area contributed by atoms with E-state index in [1.54, 1.807) is 48.5 Å². The smallest absolute Gasteiger partial charge is 0.255 e. The Morgan fingerprint density at radius 1 is 1.11 bits per heavy atom. The summed E-state index contributed by atoms with van der Waals surface area (Å²) >= 11 is 12.5. The lowest BCUT2D eigenvalue weighted by atomic mass is 9.95. The third-order valence-corrected chi connectivity index (χ3v) is 6.34. The minimum atomic E-state index is -0.607. The van der Waals surface area contributed by atoms with Crippen LogP contribution in [0.4, 0.5) is 11.6 Å². The number of hydrogen-bond acceptors (Lipinski definition) is 6. The molecule has 35 heavy (non-hydrogen) atoms. The summed E-state index contributed by atoms with van der Waals surface area (Å²) in [5.74, 6) is 1.37. The Labute approximate surface area is 211 Å². The maximum Gasteiger partial charge on any atom is 0.255 e. The van der Waals surface area contributed by atoms with Gasteiger partial charge in [0.2, 0.25) is 5.95 Å². The van der Waals surface area contributed by atoms with E-state index in [4.69, 9.17) is 38.0 Å². The Kier molecular flexibility index (Phi) is 6.15. The van der Waals surface area contributed by atoms with E-state index in [-0.39, 0.29) is 5.91 Å². The number of nitrogens with one attached hydrogen (secondary N) is 2. The summed E-state index contributed by atoms with van der Waals surface area (Å²) in [7, 11) is 1.60. The minimum Gasteiger partial charge on any atom is -0.497 e. The first-order valence-corrected chi connectivity index (χ1v) is 11.5. The van der Waals surface area contributed by atoms with E-state index in [0.29, 0.717) is 44.5 Å². The molecule has 0 radical (unpaired) electrons. The van der Waals surface area contributed by atoms with Crippen molar-refractivity contribution < 1.29 is 9.53 Å². The number of allylic oxidation sites excluding steroid dienone is 1. The second kappa shape index (κ2) is 9.40. The van der Waals surface area contributed by atoms with Crippen LogP contribution < -0.4 is 15.4 Å². The van der Waals surface area contributed by atoms with Gasteiger partial charge in [-0.25, -0.2) is 4.68 Å². The number of nitrogens with zero attached hydrogens (tertiary/aromatic N) is 4. The van der Waals surface area contributed by atoms with Crippen LogP contribution in [-0.2, 0) is 4.79 Å². The Bertz CT molecular complexity index is 1450. The number of halogens is 2. The highest BCUT2D eigenvalue weighted by Crippen LogP contribution is 2.38. The third kappa shape index (κ3) is 4.45. The summed E-state index contributed by atoms with van der Waals surface area (Å²) in [6.07, 6.45) is 3.22. The Balaban J connectivity index is 1.62. The summed E-state index contributed by atoms with van der Waals surface area (Å²) in [5.41, 5.74) is 3.19. The normalized spacial score (nSPS) is 14.8. The topological polar surface area (TPSA) is 94.0 Å². The van der Waals surface area contributed by atoms with Gasteiger partial charge in [-0.3, -0.25) is 9.78 Å². The first-order chi connectivity index (χ1) is 16.9. The van der Waals surface area contributed by atoms with Crippen molar-refractivity contribution in [3.05, 3.63) is 93.9 Å². The molecule has 0 fully saturated rings. The lowest BCUT2D eigenvalue weighted by Gasteiger charge is -2.28. The lowest BCUT2D eigenvalue weighted by Crippen LogP contribution is -2.31. The number of methoxy groups -OCH3 is 1. The SMILES string of the molecule is COc1cccc(-c2nc3n(n2)C(c2ccc(Cl)c(Cl)c2)C(C(=O)Nc2cccnc2)=C(C)N3)c1. The van der Waals surface area contributed by atoms with Crippen molar-refractivity contribution in [3.8, 4) is 17.1 Å². The number of pyridine rings is 1. The average Bonchev–Trinajstić information content (AvgIpc) is 3.29. The first-order valence-electron chi connectivity index (χ1n) is 10.7. The number of ether oxygens (including phenoxy) is 1. The molecule has 1 unspecified atom stereocenters. The summed E-state index contributed by atoms with van der Waals surface area (Å²) in [6, 6.07) is 15.6. The molecule has 8 nitrogen and oxygen atoms in total. The van der Waals surface area contributed by atoms with Crippen molar-refractivity contribution >= 4 is 40.7 Å². The number of fused-ring (bicyclic) bond motifs is 1. The molecule has 0 bridgehead atoms. The predicted molar refractivity (Wildman–Crippen MR) is 136 cm³/mol. The first kappa shape index (κ1) is 22.9. The monoisotopic (exact) mass is 506 g/mol. The summed E-state index contributed by atoms with van der Waals surface area (Å²) in [4.78, 5) is 22.3. The van der Waals surface area contributed by atoms with E-state index in [0.717, 1.165) is 11.1 Å². The van der Waals surface area contributed by atoms with Crippen molar-refractivity contribution in [2.75, 3.05) is 17.7 Å². The number of aromatic nitrogens is 4. The molecular formula is C25H20Cl2N6O2. The zero-order chi connectivity index (χ0) is 24.5. The van der Waals surface area contributed by atoms with Crippen LogP contribution in [-0.4, -0.2) is 32.8 Å². The molecule has 176 valence electrons. The Morgan fingerprint density at radius 2 is 1.97 bits per heavy atom. The second-order valence-electron chi connectivity index (χ2n) is 7.87. The van der Waals surface area contributed by atoms with Crippen LogP contribution in [0.25, 0.3) is 11.4 Å². The lowest BCUT2D eigenvalue weighted by molar-refractivity contribution is -0.113. The number of rotatable bonds is 5. The molecule has 2 N–H and O–H groups in total. The van der Waals surface area contributed by atoms with Crippen molar-refractivity contribution in [1.29, 1.82) is 0 Å². The van der Waals surface area contributed by atoms with Crippen LogP contribution >= 0.6 is 23.2 Å². The molecule has 0 aliphatic carbocycles. The van der Waals surface area contributed by atoms with Crippen LogP contribution in [0.3, 0.4) is 0 Å². The van der Waals surface area contributed by atoms with E-state index >= 15 is 0 Å². The molecule has 0 saturated heterocycles.